The van der Waals surface area contributed by atoms with Crippen molar-refractivity contribution in [1.29, 1.82) is 0 Å². The van der Waals surface area contributed by atoms with Crippen LogP contribution in [-0.2, 0) is 9.47 Å². The molecule has 1 aromatic carbocycles. The maximum absolute atomic E-state index is 12.7. The lowest BCUT2D eigenvalue weighted by molar-refractivity contribution is -0.00955. The monoisotopic (exact) mass is 348 g/mol. The van der Waals surface area contributed by atoms with Crippen molar-refractivity contribution in [3.8, 4) is 0 Å². The van der Waals surface area contributed by atoms with Crippen molar-refractivity contribution in [2.75, 3.05) is 0 Å². The van der Waals surface area contributed by atoms with Crippen LogP contribution >= 0.6 is 0 Å². The average Bonchev–Trinajstić information content (AvgIpc) is 2.45. The summed E-state index contributed by atoms with van der Waals surface area (Å²) < 4.78 is 11.3. The van der Waals surface area contributed by atoms with Gasteiger partial charge in [-0.3, -0.25) is 0 Å². The molecule has 0 bridgehead atoms. The van der Waals surface area contributed by atoms with Gasteiger partial charge in [-0.05, 0) is 59.6 Å². The predicted molar refractivity (Wildman–Crippen MR) is 100.0 cm³/mol. The van der Waals surface area contributed by atoms with Crippen LogP contribution in [0.2, 0.25) is 0 Å². The van der Waals surface area contributed by atoms with Gasteiger partial charge in [-0.25, -0.2) is 9.59 Å². The molecule has 0 spiro atoms. The Kier molecular flexibility index (Phi) is 7.21. The lowest BCUT2D eigenvalue weighted by Crippen LogP contribution is -2.31. The molecule has 0 unspecified atom stereocenters. The predicted octanol–water partition coefficient (Wildman–Crippen LogP) is 5.47. The summed E-state index contributed by atoms with van der Waals surface area (Å²) in [7, 11) is 0. The molecular weight excluding hydrogens is 316 g/mol. The lowest BCUT2D eigenvalue weighted by Gasteiger charge is -2.27. The van der Waals surface area contributed by atoms with Gasteiger partial charge in [0.05, 0.1) is 11.1 Å². The van der Waals surface area contributed by atoms with Crippen LogP contribution in [-0.4, -0.2) is 23.1 Å². The summed E-state index contributed by atoms with van der Waals surface area (Å²) >= 11 is 0. The van der Waals surface area contributed by atoms with Crippen molar-refractivity contribution < 1.29 is 19.1 Å². The van der Waals surface area contributed by atoms with Gasteiger partial charge >= 0.3 is 11.9 Å². The molecule has 4 nitrogen and oxygen atoms in total. The Morgan fingerprint density at radius 3 is 1.72 bits per heavy atom. The Hall–Kier alpha value is -1.84. The van der Waals surface area contributed by atoms with Crippen LogP contribution in [0.15, 0.2) is 18.2 Å². The SMILES string of the molecule is CCCC(C)(C)OC(=O)c1ccc(C)cc1C(=O)OC(C)(C)CCC. The molecule has 0 N–H and O–H groups in total. The van der Waals surface area contributed by atoms with Gasteiger partial charge < -0.3 is 9.47 Å². The van der Waals surface area contributed by atoms with E-state index in [9.17, 15) is 9.59 Å². The number of rotatable bonds is 8. The summed E-state index contributed by atoms with van der Waals surface area (Å²) in [5.74, 6) is -0.971. The van der Waals surface area contributed by atoms with E-state index in [2.05, 4.69) is 0 Å². The number of hydrogen-bond acceptors (Lipinski definition) is 4. The average molecular weight is 348 g/mol. The molecule has 0 amide bonds. The number of aryl methyl sites for hydroxylation is 1. The van der Waals surface area contributed by atoms with E-state index >= 15 is 0 Å². The molecule has 25 heavy (non-hydrogen) atoms. The van der Waals surface area contributed by atoms with Gasteiger partial charge in [-0.1, -0.05) is 38.3 Å². The summed E-state index contributed by atoms with van der Waals surface area (Å²) in [5.41, 5.74) is 0.274. The molecule has 0 atom stereocenters. The van der Waals surface area contributed by atoms with Crippen molar-refractivity contribution >= 4 is 11.9 Å². The molecule has 4 heteroatoms. The molecule has 140 valence electrons. The first-order valence-electron chi connectivity index (χ1n) is 9.08. The first-order chi connectivity index (χ1) is 11.5. The third-order valence-electron chi connectivity index (χ3n) is 4.06. The van der Waals surface area contributed by atoms with Gasteiger partial charge in [-0.15, -0.1) is 0 Å². The Balaban J connectivity index is 3.10. The van der Waals surface area contributed by atoms with Crippen molar-refractivity contribution in [2.45, 2.75) is 85.4 Å². The van der Waals surface area contributed by atoms with Gasteiger partial charge in [0.25, 0.3) is 0 Å². The Labute approximate surface area is 151 Å². The van der Waals surface area contributed by atoms with Crippen LogP contribution in [0.4, 0.5) is 0 Å². The largest absolute Gasteiger partial charge is 0.456 e. The van der Waals surface area contributed by atoms with E-state index in [1.807, 2.05) is 48.5 Å². The molecule has 0 aliphatic carbocycles. The summed E-state index contributed by atoms with van der Waals surface area (Å²) in [6.07, 6.45) is 3.34. The lowest BCUT2D eigenvalue weighted by atomic mass is 10.0. The molecule has 0 aliphatic heterocycles. The highest BCUT2D eigenvalue weighted by molar-refractivity contribution is 6.03. The number of carbonyl (C=O) groups excluding carboxylic acids is 2. The molecule has 0 saturated heterocycles. The van der Waals surface area contributed by atoms with Crippen LogP contribution < -0.4 is 0 Å². The minimum atomic E-state index is -0.571. The van der Waals surface area contributed by atoms with Gasteiger partial charge in [-0.2, -0.15) is 0 Å². The number of ether oxygens (including phenoxy) is 2. The van der Waals surface area contributed by atoms with E-state index in [-0.39, 0.29) is 11.1 Å². The zero-order valence-electron chi connectivity index (χ0n) is 16.7. The van der Waals surface area contributed by atoms with E-state index in [1.165, 1.54) is 0 Å². The molecular formula is C21H32O4. The molecule has 0 heterocycles. The Bertz CT molecular complexity index is 614. The second-order valence-electron chi connectivity index (χ2n) is 7.85. The van der Waals surface area contributed by atoms with E-state index in [4.69, 9.17) is 9.47 Å². The van der Waals surface area contributed by atoms with E-state index in [0.29, 0.717) is 0 Å². The molecule has 0 fully saturated rings. The zero-order valence-corrected chi connectivity index (χ0v) is 16.7. The third kappa shape index (κ3) is 6.52. The maximum Gasteiger partial charge on any atom is 0.339 e. The first kappa shape index (κ1) is 21.2. The minimum absolute atomic E-state index is 0.257. The van der Waals surface area contributed by atoms with Gasteiger partial charge in [0.2, 0.25) is 0 Å². The number of carbonyl (C=O) groups is 2. The Morgan fingerprint density at radius 2 is 1.28 bits per heavy atom. The van der Waals surface area contributed by atoms with Crippen LogP contribution in [0.5, 0.6) is 0 Å². The molecule has 1 aromatic rings. The van der Waals surface area contributed by atoms with E-state index in [0.717, 1.165) is 31.2 Å². The fraction of sp³-hybridized carbons (Fsp3) is 0.619. The van der Waals surface area contributed by atoms with Crippen molar-refractivity contribution in [1.82, 2.24) is 0 Å². The highest BCUT2D eigenvalue weighted by atomic mass is 16.6. The molecule has 0 radical (unpaired) electrons. The topological polar surface area (TPSA) is 52.6 Å². The van der Waals surface area contributed by atoms with Gasteiger partial charge in [0, 0.05) is 0 Å². The first-order valence-corrected chi connectivity index (χ1v) is 9.08. The van der Waals surface area contributed by atoms with Crippen molar-refractivity contribution in [3.63, 3.8) is 0 Å². The summed E-state index contributed by atoms with van der Waals surface area (Å²) in [5, 5.41) is 0. The quantitative estimate of drug-likeness (QED) is 0.585. The van der Waals surface area contributed by atoms with Crippen LogP contribution in [0.25, 0.3) is 0 Å². The smallest absolute Gasteiger partial charge is 0.339 e. The fourth-order valence-corrected chi connectivity index (χ4v) is 2.92. The van der Waals surface area contributed by atoms with E-state index in [1.54, 1.807) is 18.2 Å². The van der Waals surface area contributed by atoms with Gasteiger partial charge in [0.15, 0.2) is 0 Å². The Morgan fingerprint density at radius 1 is 0.840 bits per heavy atom. The highest BCUT2D eigenvalue weighted by Gasteiger charge is 2.29. The van der Waals surface area contributed by atoms with Crippen LogP contribution in [0, 0.1) is 6.92 Å². The van der Waals surface area contributed by atoms with E-state index < -0.39 is 23.1 Å². The second-order valence-corrected chi connectivity index (χ2v) is 7.85. The number of esters is 2. The normalized spacial score (nSPS) is 12.0. The van der Waals surface area contributed by atoms with Crippen molar-refractivity contribution in [2.24, 2.45) is 0 Å². The molecule has 0 saturated carbocycles. The van der Waals surface area contributed by atoms with Crippen LogP contribution in [0.3, 0.4) is 0 Å². The highest BCUT2D eigenvalue weighted by Crippen LogP contribution is 2.24. The summed E-state index contributed by atoms with van der Waals surface area (Å²) in [4.78, 5) is 25.3. The summed E-state index contributed by atoms with van der Waals surface area (Å²) in [6, 6.07) is 5.13. The standard InChI is InChI=1S/C21H32O4/c1-8-12-20(4,5)24-18(22)16-11-10-15(3)14-17(16)19(23)25-21(6,7)13-9-2/h10-11,14H,8-9,12-13H2,1-7H3. The third-order valence-corrected chi connectivity index (χ3v) is 4.06. The maximum atomic E-state index is 12.7. The fourth-order valence-electron chi connectivity index (χ4n) is 2.92. The number of benzene rings is 1. The van der Waals surface area contributed by atoms with Crippen LogP contribution in [0.1, 0.15) is 93.5 Å². The molecule has 1 rings (SSSR count). The number of hydrogen-bond donors (Lipinski definition) is 0. The molecule has 0 aliphatic rings. The zero-order chi connectivity index (χ0) is 19.3. The van der Waals surface area contributed by atoms with Crippen molar-refractivity contribution in [3.05, 3.63) is 34.9 Å². The second kappa shape index (κ2) is 8.50. The minimum Gasteiger partial charge on any atom is -0.456 e. The summed E-state index contributed by atoms with van der Waals surface area (Å²) in [6.45, 7) is 13.5. The molecule has 0 aromatic heterocycles. The van der Waals surface area contributed by atoms with Gasteiger partial charge in [0.1, 0.15) is 11.2 Å².